The Bertz CT molecular complexity index is 885. The molecule has 2 aromatic heterocycles. The van der Waals surface area contributed by atoms with Gasteiger partial charge in [-0.3, -0.25) is 9.89 Å². The fourth-order valence-corrected chi connectivity index (χ4v) is 3.15. The number of ether oxygens (including phenoxy) is 1. The lowest BCUT2D eigenvalue weighted by Crippen LogP contribution is -2.41. The minimum absolute atomic E-state index is 0.0474. The third-order valence-corrected chi connectivity index (χ3v) is 4.63. The molecule has 25 heavy (non-hydrogen) atoms. The summed E-state index contributed by atoms with van der Waals surface area (Å²) >= 11 is 5.83. The average Bonchev–Trinajstić information content (AvgIpc) is 3.11. The molecule has 6 nitrogen and oxygen atoms in total. The number of piperidine rings is 1. The van der Waals surface area contributed by atoms with Gasteiger partial charge in [-0.25, -0.2) is 4.98 Å². The van der Waals surface area contributed by atoms with E-state index in [0.29, 0.717) is 29.6 Å². The first kappa shape index (κ1) is 15.9. The molecule has 128 valence electrons. The highest BCUT2D eigenvalue weighted by Gasteiger charge is 2.25. The van der Waals surface area contributed by atoms with Crippen molar-refractivity contribution < 1.29 is 9.53 Å². The summed E-state index contributed by atoms with van der Waals surface area (Å²) in [5, 5.41) is 8.41. The van der Waals surface area contributed by atoms with Crippen molar-refractivity contribution in [3.8, 4) is 5.88 Å². The summed E-state index contributed by atoms with van der Waals surface area (Å²) in [5.41, 5.74) is 1.62. The molecular weight excluding hydrogens is 340 g/mol. The molecule has 1 aliphatic heterocycles. The van der Waals surface area contributed by atoms with E-state index in [1.54, 1.807) is 24.5 Å². The van der Waals surface area contributed by atoms with Crippen LogP contribution in [0, 0.1) is 0 Å². The number of H-pyrrole nitrogens is 1. The summed E-state index contributed by atoms with van der Waals surface area (Å²) in [6.45, 7) is 1.33. The predicted molar refractivity (Wildman–Crippen MR) is 94.9 cm³/mol. The number of aromatic amines is 1. The second-order valence-corrected chi connectivity index (χ2v) is 6.53. The van der Waals surface area contributed by atoms with Gasteiger partial charge in [-0.05, 0) is 24.3 Å². The van der Waals surface area contributed by atoms with Crippen LogP contribution in [0.15, 0.2) is 42.7 Å². The summed E-state index contributed by atoms with van der Waals surface area (Å²) in [6.07, 6.45) is 4.93. The van der Waals surface area contributed by atoms with Crippen molar-refractivity contribution in [2.45, 2.75) is 18.9 Å². The van der Waals surface area contributed by atoms with Crippen LogP contribution in [0.1, 0.15) is 23.2 Å². The lowest BCUT2D eigenvalue weighted by molar-refractivity contribution is 0.0588. The van der Waals surface area contributed by atoms with E-state index in [-0.39, 0.29) is 12.0 Å². The van der Waals surface area contributed by atoms with E-state index in [2.05, 4.69) is 15.2 Å². The van der Waals surface area contributed by atoms with E-state index in [1.165, 1.54) is 0 Å². The van der Waals surface area contributed by atoms with Gasteiger partial charge in [0.1, 0.15) is 6.10 Å². The Hall–Kier alpha value is -2.60. The van der Waals surface area contributed by atoms with Crippen LogP contribution < -0.4 is 4.74 Å². The molecule has 1 fully saturated rings. The third-order valence-electron chi connectivity index (χ3n) is 4.40. The van der Waals surface area contributed by atoms with Crippen LogP contribution in [-0.2, 0) is 0 Å². The van der Waals surface area contributed by atoms with Crippen LogP contribution >= 0.6 is 11.6 Å². The molecule has 0 spiro atoms. The summed E-state index contributed by atoms with van der Waals surface area (Å²) in [7, 11) is 0. The zero-order chi connectivity index (χ0) is 17.2. The van der Waals surface area contributed by atoms with E-state index < -0.39 is 0 Å². The second-order valence-electron chi connectivity index (χ2n) is 6.10. The molecule has 3 aromatic rings. The lowest BCUT2D eigenvalue weighted by atomic mass is 10.1. The number of aromatic nitrogens is 3. The molecule has 0 aliphatic carbocycles. The van der Waals surface area contributed by atoms with E-state index in [0.717, 1.165) is 23.7 Å². The Labute approximate surface area is 149 Å². The first-order valence-corrected chi connectivity index (χ1v) is 8.57. The number of fused-ring (bicyclic) bond motifs is 1. The van der Waals surface area contributed by atoms with E-state index in [1.807, 2.05) is 23.1 Å². The number of halogens is 1. The minimum Gasteiger partial charge on any atom is -0.474 e. The molecule has 0 radical (unpaired) electrons. The van der Waals surface area contributed by atoms with Crippen LogP contribution in [0.5, 0.6) is 5.88 Å². The van der Waals surface area contributed by atoms with Gasteiger partial charge in [-0.1, -0.05) is 11.6 Å². The topological polar surface area (TPSA) is 71.1 Å². The van der Waals surface area contributed by atoms with Gasteiger partial charge in [0, 0.05) is 49.1 Å². The maximum atomic E-state index is 12.7. The maximum Gasteiger partial charge on any atom is 0.253 e. The normalized spacial score (nSPS) is 15.5. The molecule has 1 saturated heterocycles. The van der Waals surface area contributed by atoms with Gasteiger partial charge in [0.15, 0.2) is 0 Å². The van der Waals surface area contributed by atoms with E-state index in [4.69, 9.17) is 16.3 Å². The zero-order valence-electron chi connectivity index (χ0n) is 13.5. The first-order chi connectivity index (χ1) is 12.2. The summed E-state index contributed by atoms with van der Waals surface area (Å²) < 4.78 is 5.87. The van der Waals surface area contributed by atoms with Gasteiger partial charge in [0.2, 0.25) is 5.88 Å². The monoisotopic (exact) mass is 356 g/mol. The number of nitrogens with one attached hydrogen (secondary N) is 1. The maximum absolute atomic E-state index is 12.7. The Morgan fingerprint density at radius 3 is 2.80 bits per heavy atom. The van der Waals surface area contributed by atoms with Crippen LogP contribution in [0.2, 0.25) is 5.02 Å². The molecule has 1 aliphatic rings. The molecule has 1 aromatic carbocycles. The van der Waals surface area contributed by atoms with Crippen LogP contribution in [0.3, 0.4) is 0 Å². The van der Waals surface area contributed by atoms with Gasteiger partial charge < -0.3 is 9.64 Å². The quantitative estimate of drug-likeness (QED) is 0.781. The van der Waals surface area contributed by atoms with E-state index >= 15 is 0 Å². The molecular formula is C18H17ClN4O2. The van der Waals surface area contributed by atoms with Crippen LogP contribution in [0.4, 0.5) is 0 Å². The second kappa shape index (κ2) is 6.72. The average molecular weight is 357 g/mol. The molecule has 0 unspecified atom stereocenters. The fourth-order valence-electron chi connectivity index (χ4n) is 3.04. The number of hydrogen-bond donors (Lipinski definition) is 1. The summed E-state index contributed by atoms with van der Waals surface area (Å²) in [6, 6.07) is 9.12. The predicted octanol–water partition coefficient (Wildman–Crippen LogP) is 3.29. The van der Waals surface area contributed by atoms with Gasteiger partial charge in [-0.15, -0.1) is 0 Å². The third kappa shape index (κ3) is 3.44. The number of likely N-dealkylation sites (tertiary alicyclic amines) is 1. The molecule has 0 saturated carbocycles. The summed E-state index contributed by atoms with van der Waals surface area (Å²) in [4.78, 5) is 18.7. The van der Waals surface area contributed by atoms with Crippen LogP contribution in [0.25, 0.3) is 10.9 Å². The Kier molecular flexibility index (Phi) is 4.28. The molecule has 0 bridgehead atoms. The van der Waals surface area contributed by atoms with Crippen molar-refractivity contribution in [3.63, 3.8) is 0 Å². The van der Waals surface area contributed by atoms with Crippen molar-refractivity contribution in [2.24, 2.45) is 0 Å². The highest BCUT2D eigenvalue weighted by atomic mass is 35.5. The van der Waals surface area contributed by atoms with Crippen molar-refractivity contribution in [1.82, 2.24) is 20.1 Å². The molecule has 4 rings (SSSR count). The number of hydrogen-bond acceptors (Lipinski definition) is 4. The SMILES string of the molecule is O=C(c1ccc2[nH]ncc2c1)N1CCC(Oc2ccc(Cl)cn2)CC1. The van der Waals surface area contributed by atoms with Crippen molar-refractivity contribution >= 4 is 28.4 Å². The number of benzene rings is 1. The van der Waals surface area contributed by atoms with Gasteiger partial charge in [0.05, 0.1) is 16.7 Å². The number of carbonyl (C=O) groups is 1. The van der Waals surface area contributed by atoms with E-state index in [9.17, 15) is 4.79 Å². The van der Waals surface area contributed by atoms with Crippen molar-refractivity contribution in [1.29, 1.82) is 0 Å². The van der Waals surface area contributed by atoms with Gasteiger partial charge in [0.25, 0.3) is 5.91 Å². The highest BCUT2D eigenvalue weighted by Crippen LogP contribution is 2.21. The number of pyridine rings is 1. The molecule has 3 heterocycles. The van der Waals surface area contributed by atoms with Gasteiger partial charge in [-0.2, -0.15) is 5.10 Å². The Balaban J connectivity index is 1.37. The fraction of sp³-hybridized carbons (Fsp3) is 0.278. The number of amides is 1. The van der Waals surface area contributed by atoms with Crippen molar-refractivity contribution in [2.75, 3.05) is 13.1 Å². The van der Waals surface area contributed by atoms with Crippen LogP contribution in [-0.4, -0.2) is 45.2 Å². The molecule has 0 atom stereocenters. The Morgan fingerprint density at radius 1 is 1.20 bits per heavy atom. The number of rotatable bonds is 3. The highest BCUT2D eigenvalue weighted by molar-refractivity contribution is 6.30. The first-order valence-electron chi connectivity index (χ1n) is 8.20. The zero-order valence-corrected chi connectivity index (χ0v) is 14.2. The number of carbonyl (C=O) groups excluding carboxylic acids is 1. The minimum atomic E-state index is 0.0474. The largest absolute Gasteiger partial charge is 0.474 e. The number of nitrogens with zero attached hydrogens (tertiary/aromatic N) is 3. The standard InChI is InChI=1S/C18H17ClN4O2/c19-14-2-4-17(20-11-14)25-15-5-7-23(8-6-15)18(24)12-1-3-16-13(9-12)10-21-22-16/h1-4,9-11,15H,5-8H2,(H,21,22). The molecule has 1 amide bonds. The van der Waals surface area contributed by atoms with Gasteiger partial charge >= 0.3 is 0 Å². The lowest BCUT2D eigenvalue weighted by Gasteiger charge is -2.32. The Morgan fingerprint density at radius 2 is 2.04 bits per heavy atom. The summed E-state index contributed by atoms with van der Waals surface area (Å²) in [5.74, 6) is 0.616. The van der Waals surface area contributed by atoms with Crippen molar-refractivity contribution in [3.05, 3.63) is 53.3 Å². The molecule has 7 heteroatoms. The molecule has 1 N–H and O–H groups in total. The smallest absolute Gasteiger partial charge is 0.253 e.